The highest BCUT2D eigenvalue weighted by atomic mass is 32.2. The van der Waals surface area contributed by atoms with E-state index in [0.717, 1.165) is 25.6 Å². The number of sulfonamides is 1. The first-order valence-electron chi connectivity index (χ1n) is 11.1. The highest BCUT2D eigenvalue weighted by Crippen LogP contribution is 2.20. The number of hydrogen-bond donors (Lipinski definition) is 1. The predicted molar refractivity (Wildman–Crippen MR) is 125 cm³/mol. The molecule has 1 N–H and O–H groups in total. The lowest BCUT2D eigenvalue weighted by Crippen LogP contribution is -2.33. The summed E-state index contributed by atoms with van der Waals surface area (Å²) in [5, 5.41) is 2.84. The molecule has 0 saturated carbocycles. The van der Waals surface area contributed by atoms with Gasteiger partial charge in [0.2, 0.25) is 10.0 Å². The Bertz CT molecular complexity index is 968. The van der Waals surface area contributed by atoms with Gasteiger partial charge in [-0.25, -0.2) is 8.42 Å². The zero-order valence-electron chi connectivity index (χ0n) is 18.7. The SMILES string of the molecule is CCN(CC)S(=O)(=O)c1ccc(NC(=O)c2ccc(CN3CCC[C@@H](C)C3)cc2)cc1. The summed E-state index contributed by atoms with van der Waals surface area (Å²) in [5.41, 5.74) is 2.35. The monoisotopic (exact) mass is 443 g/mol. The maximum atomic E-state index is 12.6. The number of nitrogens with zero attached hydrogens (tertiary/aromatic N) is 2. The molecule has 3 rings (SSSR count). The summed E-state index contributed by atoms with van der Waals surface area (Å²) < 4.78 is 26.6. The lowest BCUT2D eigenvalue weighted by atomic mass is 9.99. The zero-order valence-corrected chi connectivity index (χ0v) is 19.5. The van der Waals surface area contributed by atoms with Gasteiger partial charge in [-0.1, -0.05) is 32.9 Å². The second-order valence-corrected chi connectivity index (χ2v) is 10.2. The van der Waals surface area contributed by atoms with Crippen LogP contribution in [0, 0.1) is 5.92 Å². The van der Waals surface area contributed by atoms with Crippen molar-refractivity contribution in [1.29, 1.82) is 0 Å². The van der Waals surface area contributed by atoms with Gasteiger partial charge in [0.15, 0.2) is 0 Å². The van der Waals surface area contributed by atoms with Gasteiger partial charge in [0.05, 0.1) is 4.90 Å². The molecule has 2 aromatic carbocycles. The molecule has 1 saturated heterocycles. The van der Waals surface area contributed by atoms with Crippen LogP contribution in [0.3, 0.4) is 0 Å². The molecule has 7 heteroatoms. The molecule has 0 bridgehead atoms. The Kier molecular flexibility index (Phi) is 7.86. The van der Waals surface area contributed by atoms with Crippen LogP contribution in [0.15, 0.2) is 53.4 Å². The Morgan fingerprint density at radius 1 is 1.06 bits per heavy atom. The summed E-state index contributed by atoms with van der Waals surface area (Å²) >= 11 is 0. The molecule has 1 aliphatic rings. The highest BCUT2D eigenvalue weighted by Gasteiger charge is 2.21. The van der Waals surface area contributed by atoms with Crippen LogP contribution in [0.1, 0.15) is 49.5 Å². The van der Waals surface area contributed by atoms with Crippen molar-refractivity contribution in [3.8, 4) is 0 Å². The first-order valence-corrected chi connectivity index (χ1v) is 12.5. The van der Waals surface area contributed by atoms with Gasteiger partial charge in [-0.3, -0.25) is 9.69 Å². The summed E-state index contributed by atoms with van der Waals surface area (Å²) in [4.78, 5) is 15.3. The van der Waals surface area contributed by atoms with Crippen LogP contribution in [-0.4, -0.2) is 49.7 Å². The minimum atomic E-state index is -3.50. The molecule has 168 valence electrons. The van der Waals surface area contributed by atoms with E-state index >= 15 is 0 Å². The molecule has 0 unspecified atom stereocenters. The normalized spacial score (nSPS) is 17.6. The van der Waals surface area contributed by atoms with Crippen LogP contribution in [0.25, 0.3) is 0 Å². The minimum absolute atomic E-state index is 0.211. The lowest BCUT2D eigenvalue weighted by Gasteiger charge is -2.30. The number of likely N-dealkylation sites (tertiary alicyclic amines) is 1. The third-order valence-electron chi connectivity index (χ3n) is 5.82. The Labute approximate surface area is 186 Å². The van der Waals surface area contributed by atoms with E-state index in [1.54, 1.807) is 12.1 Å². The van der Waals surface area contributed by atoms with E-state index < -0.39 is 10.0 Å². The first-order chi connectivity index (χ1) is 14.8. The molecule has 0 aliphatic carbocycles. The topological polar surface area (TPSA) is 69.7 Å². The Morgan fingerprint density at radius 2 is 1.71 bits per heavy atom. The van der Waals surface area contributed by atoms with Gasteiger partial charge in [-0.2, -0.15) is 4.31 Å². The van der Waals surface area contributed by atoms with Crippen molar-refractivity contribution in [2.24, 2.45) is 5.92 Å². The minimum Gasteiger partial charge on any atom is -0.322 e. The predicted octanol–water partition coefficient (Wildman–Crippen LogP) is 4.20. The van der Waals surface area contributed by atoms with Crippen LogP contribution < -0.4 is 5.32 Å². The molecule has 1 fully saturated rings. The number of anilines is 1. The van der Waals surface area contributed by atoms with Crippen molar-refractivity contribution >= 4 is 21.6 Å². The summed E-state index contributed by atoms with van der Waals surface area (Å²) in [7, 11) is -3.50. The third-order valence-corrected chi connectivity index (χ3v) is 7.88. The zero-order chi connectivity index (χ0) is 22.4. The van der Waals surface area contributed by atoms with Crippen LogP contribution in [0.4, 0.5) is 5.69 Å². The molecule has 0 spiro atoms. The van der Waals surface area contributed by atoms with Gasteiger partial charge in [0.25, 0.3) is 5.91 Å². The van der Waals surface area contributed by atoms with Gasteiger partial charge >= 0.3 is 0 Å². The second-order valence-electron chi connectivity index (χ2n) is 8.25. The van der Waals surface area contributed by atoms with E-state index in [9.17, 15) is 13.2 Å². The first kappa shape index (κ1) is 23.4. The van der Waals surface area contributed by atoms with E-state index in [0.29, 0.717) is 24.3 Å². The standard InChI is InChI=1S/C24H33N3O3S/c1-4-27(5-2)31(29,30)23-14-12-22(13-15-23)25-24(28)21-10-8-20(9-11-21)18-26-16-6-7-19(3)17-26/h8-15,19H,4-7,16-18H2,1-3H3,(H,25,28)/t19-/m1/s1. The van der Waals surface area contributed by atoms with E-state index in [1.165, 1.54) is 34.8 Å². The van der Waals surface area contributed by atoms with Crippen molar-refractivity contribution < 1.29 is 13.2 Å². The number of benzene rings is 2. The molecule has 1 heterocycles. The van der Waals surface area contributed by atoms with Crippen LogP contribution in [0.5, 0.6) is 0 Å². The highest BCUT2D eigenvalue weighted by molar-refractivity contribution is 7.89. The van der Waals surface area contributed by atoms with Crippen LogP contribution >= 0.6 is 0 Å². The van der Waals surface area contributed by atoms with E-state index in [2.05, 4.69) is 17.1 Å². The number of piperidine rings is 1. The number of nitrogens with one attached hydrogen (secondary N) is 1. The fourth-order valence-corrected chi connectivity index (χ4v) is 5.53. The summed E-state index contributed by atoms with van der Waals surface area (Å²) in [6.07, 6.45) is 2.55. The van der Waals surface area contributed by atoms with Crippen molar-refractivity contribution in [1.82, 2.24) is 9.21 Å². The number of rotatable bonds is 8. The largest absolute Gasteiger partial charge is 0.322 e. The maximum absolute atomic E-state index is 12.6. The molecule has 31 heavy (non-hydrogen) atoms. The fourth-order valence-electron chi connectivity index (χ4n) is 4.08. The molecular formula is C24H33N3O3S. The van der Waals surface area contributed by atoms with Gasteiger partial charge in [-0.15, -0.1) is 0 Å². The molecule has 6 nitrogen and oxygen atoms in total. The molecule has 1 aliphatic heterocycles. The van der Waals surface area contributed by atoms with Crippen molar-refractivity contribution in [3.05, 3.63) is 59.7 Å². The number of carbonyl (C=O) groups excluding carboxylic acids is 1. The van der Waals surface area contributed by atoms with Gasteiger partial charge in [0, 0.05) is 37.4 Å². The third kappa shape index (κ3) is 5.93. The summed E-state index contributed by atoms with van der Waals surface area (Å²) in [6.45, 7) is 9.94. The fraction of sp³-hybridized carbons (Fsp3) is 0.458. The Balaban J connectivity index is 1.61. The quantitative estimate of drug-likeness (QED) is 0.664. The average molecular weight is 444 g/mol. The molecule has 0 radical (unpaired) electrons. The van der Waals surface area contributed by atoms with Gasteiger partial charge in [0.1, 0.15) is 0 Å². The average Bonchev–Trinajstić information content (AvgIpc) is 2.75. The van der Waals surface area contributed by atoms with E-state index in [1.807, 2.05) is 38.1 Å². The number of amides is 1. The summed E-state index contributed by atoms with van der Waals surface area (Å²) in [5.74, 6) is 0.532. The van der Waals surface area contributed by atoms with Crippen LogP contribution in [-0.2, 0) is 16.6 Å². The lowest BCUT2D eigenvalue weighted by molar-refractivity contribution is 0.102. The van der Waals surface area contributed by atoms with Crippen LogP contribution in [0.2, 0.25) is 0 Å². The summed E-state index contributed by atoms with van der Waals surface area (Å²) in [6, 6.07) is 14.0. The number of hydrogen-bond acceptors (Lipinski definition) is 4. The molecule has 2 aromatic rings. The van der Waals surface area contributed by atoms with Gasteiger partial charge in [-0.05, 0) is 67.3 Å². The molecule has 0 aromatic heterocycles. The smallest absolute Gasteiger partial charge is 0.255 e. The van der Waals surface area contributed by atoms with E-state index in [4.69, 9.17) is 0 Å². The number of carbonyl (C=O) groups is 1. The molecule has 1 atom stereocenters. The molecular weight excluding hydrogens is 410 g/mol. The Hall–Kier alpha value is -2.22. The van der Waals surface area contributed by atoms with Crippen molar-refractivity contribution in [2.45, 2.75) is 45.1 Å². The van der Waals surface area contributed by atoms with Crippen molar-refractivity contribution in [2.75, 3.05) is 31.5 Å². The maximum Gasteiger partial charge on any atom is 0.255 e. The van der Waals surface area contributed by atoms with E-state index in [-0.39, 0.29) is 10.8 Å². The van der Waals surface area contributed by atoms with Gasteiger partial charge < -0.3 is 5.32 Å². The second kappa shape index (κ2) is 10.4. The van der Waals surface area contributed by atoms with Crippen molar-refractivity contribution in [3.63, 3.8) is 0 Å². The molecule has 1 amide bonds. The Morgan fingerprint density at radius 3 is 2.29 bits per heavy atom.